The van der Waals surface area contributed by atoms with Crippen molar-refractivity contribution in [3.05, 3.63) is 30.1 Å². The zero-order chi connectivity index (χ0) is 11.2. The normalized spacial score (nSPS) is 17.4. The lowest BCUT2D eigenvalue weighted by atomic mass is 10.1. The molecule has 1 unspecified atom stereocenters. The third-order valence-corrected chi connectivity index (χ3v) is 2.79. The molecule has 4 nitrogen and oxygen atoms in total. The van der Waals surface area contributed by atoms with E-state index in [-0.39, 0.29) is 30.7 Å². The number of aromatic nitrogens is 1. The molecule has 1 aromatic heterocycles. The van der Waals surface area contributed by atoms with Crippen LogP contribution in [0.15, 0.2) is 24.4 Å². The van der Waals surface area contributed by atoms with E-state index in [0.29, 0.717) is 19.0 Å². The van der Waals surface area contributed by atoms with Crippen molar-refractivity contribution in [1.29, 1.82) is 0 Å². The van der Waals surface area contributed by atoms with Gasteiger partial charge in [0, 0.05) is 18.7 Å². The van der Waals surface area contributed by atoms with Crippen molar-refractivity contribution in [2.75, 3.05) is 6.54 Å². The molecule has 1 aliphatic heterocycles. The average molecular weight is 292 g/mol. The van der Waals surface area contributed by atoms with Crippen LogP contribution >= 0.6 is 24.8 Å². The highest BCUT2D eigenvalue weighted by atomic mass is 35.5. The third kappa shape index (κ3) is 5.67. The lowest BCUT2D eigenvalue weighted by molar-refractivity contribution is -0.121. The minimum Gasteiger partial charge on any atom is -0.350 e. The van der Waals surface area contributed by atoms with E-state index in [2.05, 4.69) is 15.6 Å². The predicted octanol–water partition coefficient (Wildman–Crippen LogP) is 1.68. The minimum absolute atomic E-state index is 0. The molecule has 2 N–H and O–H groups in total. The van der Waals surface area contributed by atoms with E-state index < -0.39 is 0 Å². The summed E-state index contributed by atoms with van der Waals surface area (Å²) in [6.45, 7) is 1.56. The van der Waals surface area contributed by atoms with Gasteiger partial charge in [-0.25, -0.2) is 0 Å². The molecule has 1 aliphatic rings. The van der Waals surface area contributed by atoms with Crippen LogP contribution in [0.2, 0.25) is 0 Å². The number of pyridine rings is 1. The highest BCUT2D eigenvalue weighted by molar-refractivity contribution is 5.85. The van der Waals surface area contributed by atoms with Gasteiger partial charge in [0.25, 0.3) is 0 Å². The monoisotopic (exact) mass is 291 g/mol. The summed E-state index contributed by atoms with van der Waals surface area (Å²) in [7, 11) is 0. The molecule has 6 heteroatoms. The van der Waals surface area contributed by atoms with Gasteiger partial charge in [0.05, 0.1) is 12.2 Å². The fourth-order valence-electron chi connectivity index (χ4n) is 1.92. The number of carbonyl (C=O) groups excluding carboxylic acids is 1. The molecule has 1 saturated heterocycles. The van der Waals surface area contributed by atoms with Crippen molar-refractivity contribution in [2.45, 2.75) is 31.8 Å². The molecule has 18 heavy (non-hydrogen) atoms. The summed E-state index contributed by atoms with van der Waals surface area (Å²) in [5, 5.41) is 6.19. The topological polar surface area (TPSA) is 54.0 Å². The molecule has 0 aliphatic carbocycles. The molecule has 0 radical (unpaired) electrons. The van der Waals surface area contributed by atoms with Crippen molar-refractivity contribution in [3.63, 3.8) is 0 Å². The first-order chi connectivity index (χ1) is 7.84. The Hall–Kier alpha value is -0.840. The first-order valence-corrected chi connectivity index (χ1v) is 5.74. The predicted molar refractivity (Wildman–Crippen MR) is 76.2 cm³/mol. The van der Waals surface area contributed by atoms with Crippen LogP contribution in [0.5, 0.6) is 0 Å². The number of hydrogen-bond acceptors (Lipinski definition) is 3. The van der Waals surface area contributed by atoms with Crippen LogP contribution in [0.1, 0.15) is 25.0 Å². The summed E-state index contributed by atoms with van der Waals surface area (Å²) in [5.41, 5.74) is 0.898. The van der Waals surface area contributed by atoms with Crippen molar-refractivity contribution in [1.82, 2.24) is 15.6 Å². The molecule has 102 valence electrons. The van der Waals surface area contributed by atoms with E-state index in [4.69, 9.17) is 0 Å². The molecule has 2 rings (SSSR count). The number of nitrogens with zero attached hydrogens (tertiary/aromatic N) is 1. The van der Waals surface area contributed by atoms with E-state index in [1.165, 1.54) is 6.42 Å². The maximum Gasteiger partial charge on any atom is 0.221 e. The van der Waals surface area contributed by atoms with Gasteiger partial charge in [-0.2, -0.15) is 0 Å². The zero-order valence-electron chi connectivity index (χ0n) is 10.1. The first-order valence-electron chi connectivity index (χ1n) is 5.74. The van der Waals surface area contributed by atoms with Crippen LogP contribution in [0.25, 0.3) is 0 Å². The zero-order valence-corrected chi connectivity index (χ0v) is 11.7. The summed E-state index contributed by atoms with van der Waals surface area (Å²) >= 11 is 0. The van der Waals surface area contributed by atoms with Crippen molar-refractivity contribution in [3.8, 4) is 0 Å². The van der Waals surface area contributed by atoms with Gasteiger partial charge >= 0.3 is 0 Å². The standard InChI is InChI=1S/C12H17N3O.2ClH/c16-12(8-10-5-3-7-13-10)15-9-11-4-1-2-6-14-11;;/h1-2,4,6,10,13H,3,5,7-9H2,(H,15,16);2*1H. The molecular weight excluding hydrogens is 273 g/mol. The molecule has 1 atom stereocenters. The summed E-state index contributed by atoms with van der Waals surface area (Å²) in [4.78, 5) is 15.7. The number of rotatable bonds is 4. The average Bonchev–Trinajstić information content (AvgIpc) is 2.81. The molecular formula is C12H19Cl2N3O. The third-order valence-electron chi connectivity index (χ3n) is 2.79. The fourth-order valence-corrected chi connectivity index (χ4v) is 1.92. The number of carbonyl (C=O) groups is 1. The summed E-state index contributed by atoms with van der Waals surface area (Å²) < 4.78 is 0. The minimum atomic E-state index is 0. The Kier molecular flexibility index (Phi) is 8.71. The van der Waals surface area contributed by atoms with Crippen LogP contribution in [0.4, 0.5) is 0 Å². The Morgan fingerprint density at radius 3 is 2.89 bits per heavy atom. The van der Waals surface area contributed by atoms with Crippen molar-refractivity contribution >= 4 is 30.7 Å². The van der Waals surface area contributed by atoms with Crippen LogP contribution in [-0.2, 0) is 11.3 Å². The molecule has 1 amide bonds. The summed E-state index contributed by atoms with van der Waals surface area (Å²) in [5.74, 6) is 0.102. The van der Waals surface area contributed by atoms with E-state index in [1.54, 1.807) is 6.20 Å². The van der Waals surface area contributed by atoms with Crippen LogP contribution in [-0.4, -0.2) is 23.5 Å². The quantitative estimate of drug-likeness (QED) is 0.888. The largest absolute Gasteiger partial charge is 0.350 e. The maximum atomic E-state index is 11.6. The van der Waals surface area contributed by atoms with Crippen LogP contribution in [0.3, 0.4) is 0 Å². The van der Waals surface area contributed by atoms with Crippen molar-refractivity contribution in [2.24, 2.45) is 0 Å². The second-order valence-electron chi connectivity index (χ2n) is 4.10. The molecule has 1 aromatic rings. The second kappa shape index (κ2) is 9.14. The Bertz CT molecular complexity index is 342. The lowest BCUT2D eigenvalue weighted by Crippen LogP contribution is -2.31. The summed E-state index contributed by atoms with van der Waals surface area (Å²) in [6, 6.07) is 6.07. The molecule has 0 bridgehead atoms. The number of amides is 1. The van der Waals surface area contributed by atoms with Gasteiger partial charge in [-0.05, 0) is 31.5 Å². The molecule has 1 fully saturated rings. The maximum absolute atomic E-state index is 11.6. The van der Waals surface area contributed by atoms with Gasteiger partial charge in [-0.3, -0.25) is 9.78 Å². The van der Waals surface area contributed by atoms with Crippen molar-refractivity contribution < 1.29 is 4.79 Å². The van der Waals surface area contributed by atoms with E-state index in [0.717, 1.165) is 18.7 Å². The Morgan fingerprint density at radius 1 is 1.44 bits per heavy atom. The number of halogens is 2. The Balaban J connectivity index is 0.00000144. The summed E-state index contributed by atoms with van der Waals surface area (Å²) in [6.07, 6.45) is 4.60. The Morgan fingerprint density at radius 2 is 2.28 bits per heavy atom. The smallest absolute Gasteiger partial charge is 0.221 e. The lowest BCUT2D eigenvalue weighted by Gasteiger charge is -2.09. The van der Waals surface area contributed by atoms with Gasteiger partial charge in [0.15, 0.2) is 0 Å². The molecule has 2 heterocycles. The van der Waals surface area contributed by atoms with Crippen LogP contribution < -0.4 is 10.6 Å². The highest BCUT2D eigenvalue weighted by Gasteiger charge is 2.17. The van der Waals surface area contributed by atoms with Crippen LogP contribution in [0, 0.1) is 0 Å². The van der Waals surface area contributed by atoms with E-state index in [1.807, 2.05) is 18.2 Å². The van der Waals surface area contributed by atoms with Gasteiger partial charge < -0.3 is 10.6 Å². The SMILES string of the molecule is Cl.Cl.O=C(CC1CCCN1)NCc1ccccn1. The number of nitrogens with one attached hydrogen (secondary N) is 2. The van der Waals surface area contributed by atoms with E-state index >= 15 is 0 Å². The second-order valence-corrected chi connectivity index (χ2v) is 4.10. The molecule has 0 saturated carbocycles. The van der Waals surface area contributed by atoms with Gasteiger partial charge in [-0.1, -0.05) is 6.07 Å². The van der Waals surface area contributed by atoms with E-state index in [9.17, 15) is 4.79 Å². The Labute approximate surface area is 120 Å². The fraction of sp³-hybridized carbons (Fsp3) is 0.500. The first kappa shape index (κ1) is 17.2. The van der Waals surface area contributed by atoms with Gasteiger partial charge in [0.1, 0.15) is 0 Å². The molecule has 0 aromatic carbocycles. The molecule has 0 spiro atoms. The van der Waals surface area contributed by atoms with Gasteiger partial charge in [-0.15, -0.1) is 24.8 Å². The van der Waals surface area contributed by atoms with Gasteiger partial charge in [0.2, 0.25) is 5.91 Å². The number of hydrogen-bond donors (Lipinski definition) is 2. The highest BCUT2D eigenvalue weighted by Crippen LogP contribution is 2.08.